The van der Waals surface area contributed by atoms with Crippen LogP contribution in [-0.4, -0.2) is 114 Å². The third kappa shape index (κ3) is 170. The molecular weight excluding hydrogens is 817 g/mol. The monoisotopic (exact) mass is 957 g/mol. The first-order chi connectivity index (χ1) is 29.7. The Kier molecular flexibility index (Phi) is 96.8. The Hall–Kier alpha value is -1.89. The van der Waals surface area contributed by atoms with Crippen LogP contribution in [0.2, 0.25) is 0 Å². The van der Waals surface area contributed by atoms with Gasteiger partial charge in [0, 0.05) is 44.0 Å². The van der Waals surface area contributed by atoms with E-state index in [1.54, 1.807) is 19.7 Å². The van der Waals surface area contributed by atoms with Crippen LogP contribution in [0.4, 0.5) is 0 Å². The average Bonchev–Trinajstić information content (AvgIpc) is 2.98. The minimum Gasteiger partial charge on any atom is -0.312 e. The number of aliphatic imine (C=N–C) groups is 3. The predicted octanol–water partition coefficient (Wildman–Crippen LogP) is 19.1. The first kappa shape index (κ1) is 94.9. The largest absolute Gasteiger partial charge is 0.312 e. The van der Waals surface area contributed by atoms with E-state index in [1.807, 2.05) is 93.6 Å². The van der Waals surface area contributed by atoms with E-state index in [9.17, 15) is 0 Å². The zero-order valence-electron chi connectivity index (χ0n) is 54.9. The summed E-state index contributed by atoms with van der Waals surface area (Å²) in [4.78, 5) is 17.2. The van der Waals surface area contributed by atoms with Crippen molar-refractivity contribution in [2.24, 2.45) is 62.3 Å². The molecule has 6 nitrogen and oxygen atoms in total. The highest BCUT2D eigenvalue weighted by Gasteiger charge is 2.20. The molecule has 0 aromatic carbocycles. The Morgan fingerprint density at radius 3 is 0.537 bits per heavy atom. The van der Waals surface area contributed by atoms with Gasteiger partial charge in [0.2, 0.25) is 0 Å². The maximum absolute atomic E-state index is 4.19. The van der Waals surface area contributed by atoms with Crippen LogP contribution in [0.25, 0.3) is 0 Å². The van der Waals surface area contributed by atoms with Crippen molar-refractivity contribution in [2.75, 3.05) is 56.4 Å². The van der Waals surface area contributed by atoms with Gasteiger partial charge in [-0.3, -0.25) is 9.89 Å². The second-order valence-electron chi connectivity index (χ2n) is 23.2. The van der Waals surface area contributed by atoms with E-state index in [-0.39, 0.29) is 0 Å². The first-order valence-electron chi connectivity index (χ1n) is 25.9. The van der Waals surface area contributed by atoms with Crippen LogP contribution in [-0.2, 0) is 0 Å². The van der Waals surface area contributed by atoms with E-state index in [2.05, 4.69) is 226 Å². The summed E-state index contributed by atoms with van der Waals surface area (Å²) in [6, 6.07) is 2.46. The van der Waals surface area contributed by atoms with Crippen molar-refractivity contribution in [3.63, 3.8) is 0 Å². The number of rotatable bonds is 9. The highest BCUT2D eigenvalue weighted by atomic mass is 15.2. The Labute approximate surface area is 432 Å². The highest BCUT2D eigenvalue weighted by Crippen LogP contribution is 2.27. The van der Waals surface area contributed by atoms with Gasteiger partial charge in [0.25, 0.3) is 0 Å². The molecule has 0 aromatic heterocycles. The molecule has 0 aliphatic heterocycles. The molecule has 0 aromatic rings. The molecule has 0 fully saturated rings. The summed E-state index contributed by atoms with van der Waals surface area (Å²) in [6.07, 6.45) is 0. The SMILES string of the molecule is C=C(C)C.C=C(C)C.C=NC.C=NC.CC(C)=C(C(C)C)C(C)C.CC(C)=NC(C)C.CC(C)C.CC(C)C.CC(C)C(C(C)C)C(C)C.CC(C)N(C(C)C)C(C)C.CN(C)C.CN(C)C. The number of nitrogens with zero attached hydrogens (tertiary/aromatic N) is 6. The van der Waals surface area contributed by atoms with Gasteiger partial charge >= 0.3 is 0 Å². The molecule has 0 aliphatic rings. The van der Waals surface area contributed by atoms with Crippen LogP contribution in [0.5, 0.6) is 0 Å². The maximum atomic E-state index is 4.19. The van der Waals surface area contributed by atoms with Crippen LogP contribution in [0.1, 0.15) is 222 Å². The zero-order valence-corrected chi connectivity index (χ0v) is 54.9. The van der Waals surface area contributed by atoms with Gasteiger partial charge in [-0.25, -0.2) is 0 Å². The molecule has 0 saturated carbocycles. The van der Waals surface area contributed by atoms with Crippen molar-refractivity contribution in [1.82, 2.24) is 14.7 Å². The molecular formula is C61H140N6. The van der Waals surface area contributed by atoms with Crippen LogP contribution in [0, 0.1) is 47.3 Å². The Bertz CT molecular complexity index is 879. The topological polar surface area (TPSA) is 46.8 Å². The van der Waals surface area contributed by atoms with Crippen LogP contribution >= 0.6 is 0 Å². The molecule has 0 spiro atoms. The molecule has 414 valence electrons. The van der Waals surface area contributed by atoms with Gasteiger partial charge in [-0.05, 0) is 214 Å². The van der Waals surface area contributed by atoms with Crippen molar-refractivity contribution < 1.29 is 0 Å². The van der Waals surface area contributed by atoms with Gasteiger partial charge in [0.05, 0.1) is 0 Å². The molecule has 0 rings (SSSR count). The Balaban J connectivity index is -0.0000000507. The van der Waals surface area contributed by atoms with Gasteiger partial charge in [0.1, 0.15) is 0 Å². The van der Waals surface area contributed by atoms with Crippen molar-refractivity contribution >= 4 is 19.1 Å². The summed E-state index contributed by atoms with van der Waals surface area (Å²) in [5.41, 5.74) is 6.60. The van der Waals surface area contributed by atoms with Crippen LogP contribution < -0.4 is 0 Å². The zero-order chi connectivity index (χ0) is 57.7. The summed E-state index contributed by atoms with van der Waals surface area (Å²) in [6.45, 7) is 83.3. The van der Waals surface area contributed by atoms with Gasteiger partial charge in [0.15, 0.2) is 0 Å². The lowest BCUT2D eigenvalue weighted by molar-refractivity contribution is 0.133. The van der Waals surface area contributed by atoms with E-state index < -0.39 is 0 Å². The molecule has 0 heterocycles. The normalized spacial score (nSPS) is 9.66. The molecule has 0 aliphatic carbocycles. The van der Waals surface area contributed by atoms with Gasteiger partial charge in [-0.15, -0.1) is 13.2 Å². The Morgan fingerprint density at radius 2 is 0.537 bits per heavy atom. The lowest BCUT2D eigenvalue weighted by Crippen LogP contribution is -2.42. The summed E-state index contributed by atoms with van der Waals surface area (Å²) in [7, 11) is 15.3. The van der Waals surface area contributed by atoms with E-state index in [0.717, 1.165) is 41.2 Å². The quantitative estimate of drug-likeness (QED) is 0.171. The molecule has 0 N–H and O–H groups in total. The average molecular weight is 958 g/mol. The lowest BCUT2D eigenvalue weighted by Gasteiger charge is -2.34. The van der Waals surface area contributed by atoms with Crippen molar-refractivity contribution in [3.05, 3.63) is 35.5 Å². The molecule has 0 radical (unpaired) electrons. The summed E-state index contributed by atoms with van der Waals surface area (Å²) >= 11 is 0. The van der Waals surface area contributed by atoms with Crippen LogP contribution in [0.3, 0.4) is 0 Å². The first-order valence-corrected chi connectivity index (χ1v) is 25.9. The summed E-state index contributed by atoms with van der Waals surface area (Å²) in [5, 5.41) is 0. The van der Waals surface area contributed by atoms with E-state index >= 15 is 0 Å². The fourth-order valence-electron chi connectivity index (χ4n) is 6.44. The molecule has 0 amide bonds. The number of hydrogen-bond donors (Lipinski definition) is 0. The molecule has 0 atom stereocenters. The minimum atomic E-state index is 0.463. The second kappa shape index (κ2) is 68.4. The van der Waals surface area contributed by atoms with Gasteiger partial charge < -0.3 is 19.8 Å². The third-order valence-electron chi connectivity index (χ3n) is 6.44. The van der Waals surface area contributed by atoms with Gasteiger partial charge in [-0.1, -0.05) is 133 Å². The fourth-order valence-corrected chi connectivity index (χ4v) is 6.44. The maximum Gasteiger partial charge on any atom is 0.0442 e. The molecule has 0 saturated heterocycles. The molecule has 0 unspecified atom stereocenters. The van der Waals surface area contributed by atoms with E-state index in [4.69, 9.17) is 0 Å². The lowest BCUT2D eigenvalue weighted by atomic mass is 9.78. The standard InChI is InChI=1S/C10H22.C10H20.C9H21N.C6H13N.2C4H10.2C4H8.2C3H9N.2C2H5N/c3*1-7(2)10(8(3)4)9(5)6;1-5(2)7-6(3)4;6*1-4(2)3;2*1-3-2/h7-10H,1-6H3;7-8H,1-6H3;7-9H,1-6H3;5H,1-4H3;2*4H,1-3H3;2*1H2,2-3H3;2*1-3H3;2*1H2,2H3. The molecule has 6 heteroatoms. The fraction of sp³-hybridized carbons (Fsp3) is 0.852. The third-order valence-corrected chi connectivity index (χ3v) is 6.44. The van der Waals surface area contributed by atoms with Crippen LogP contribution in [0.15, 0.2) is 50.4 Å². The number of hydrogen-bond acceptors (Lipinski definition) is 6. The van der Waals surface area contributed by atoms with Gasteiger partial charge in [-0.2, -0.15) is 0 Å². The molecule has 67 heavy (non-hydrogen) atoms. The second-order valence-corrected chi connectivity index (χ2v) is 23.2. The van der Waals surface area contributed by atoms with E-state index in [0.29, 0.717) is 36.0 Å². The van der Waals surface area contributed by atoms with E-state index in [1.165, 1.54) is 16.7 Å². The number of allylic oxidation sites excluding steroid dienone is 4. The smallest absolute Gasteiger partial charge is 0.0442 e. The molecule has 0 bridgehead atoms. The van der Waals surface area contributed by atoms with Crippen molar-refractivity contribution in [3.8, 4) is 0 Å². The summed E-state index contributed by atoms with van der Waals surface area (Å²) in [5.74, 6) is 6.48. The minimum absolute atomic E-state index is 0.463. The Morgan fingerprint density at radius 1 is 0.388 bits per heavy atom. The predicted molar refractivity (Wildman–Crippen MR) is 329 cm³/mol. The summed E-state index contributed by atoms with van der Waals surface area (Å²) < 4.78 is 0. The van der Waals surface area contributed by atoms with Crippen molar-refractivity contribution in [2.45, 2.75) is 246 Å². The van der Waals surface area contributed by atoms with Crippen molar-refractivity contribution in [1.29, 1.82) is 0 Å². The highest BCUT2D eigenvalue weighted by molar-refractivity contribution is 5.79.